The molecule has 0 aromatic heterocycles. The summed E-state index contributed by atoms with van der Waals surface area (Å²) in [5.74, 6) is 0.792. The predicted octanol–water partition coefficient (Wildman–Crippen LogP) is 2.46. The number of aliphatic hydroxyl groups excluding tert-OH is 1. The number of rotatable bonds is 2. The number of hydrogen-bond acceptors (Lipinski definition) is 2. The minimum absolute atomic E-state index is 0.0829. The fraction of sp³-hybridized carbons (Fsp3) is 1.00. The summed E-state index contributed by atoms with van der Waals surface area (Å²) < 4.78 is 0. The van der Waals surface area contributed by atoms with E-state index in [4.69, 9.17) is 0 Å². The van der Waals surface area contributed by atoms with Crippen molar-refractivity contribution in [3.05, 3.63) is 0 Å². The maximum absolute atomic E-state index is 9.81. The van der Waals surface area contributed by atoms with Crippen LogP contribution in [-0.4, -0.2) is 23.3 Å². The van der Waals surface area contributed by atoms with Gasteiger partial charge in [0.25, 0.3) is 0 Å². The van der Waals surface area contributed by atoms with E-state index in [0.29, 0.717) is 12.1 Å². The Labute approximate surface area is 93.5 Å². The lowest BCUT2D eigenvalue weighted by Crippen LogP contribution is -2.45. The van der Waals surface area contributed by atoms with E-state index >= 15 is 0 Å². The van der Waals surface area contributed by atoms with Crippen molar-refractivity contribution >= 4 is 0 Å². The monoisotopic (exact) mass is 211 g/mol. The van der Waals surface area contributed by atoms with Gasteiger partial charge in [0.1, 0.15) is 0 Å². The molecule has 0 amide bonds. The van der Waals surface area contributed by atoms with E-state index in [2.05, 4.69) is 12.2 Å². The molecule has 2 nitrogen and oxygen atoms in total. The highest BCUT2D eigenvalue weighted by atomic mass is 16.3. The Kier molecular flexibility index (Phi) is 4.04. The molecule has 2 aliphatic rings. The second-order valence-corrected chi connectivity index (χ2v) is 5.49. The van der Waals surface area contributed by atoms with Gasteiger partial charge in [-0.15, -0.1) is 0 Å². The van der Waals surface area contributed by atoms with Crippen molar-refractivity contribution in [2.24, 2.45) is 5.92 Å². The average Bonchev–Trinajstić information content (AvgIpc) is 2.50. The van der Waals surface area contributed by atoms with Gasteiger partial charge in [-0.1, -0.05) is 26.2 Å². The van der Waals surface area contributed by atoms with Crippen molar-refractivity contribution in [2.75, 3.05) is 0 Å². The van der Waals surface area contributed by atoms with Crippen LogP contribution < -0.4 is 5.32 Å². The molecule has 15 heavy (non-hydrogen) atoms. The molecule has 2 rings (SSSR count). The SMILES string of the molecule is CC1CCCCCC1N[C@@H]1CCC[C@H]1O. The Hall–Kier alpha value is -0.0800. The molecule has 0 heterocycles. The number of hydrogen-bond donors (Lipinski definition) is 2. The Morgan fingerprint density at radius 2 is 1.60 bits per heavy atom. The van der Waals surface area contributed by atoms with Crippen LogP contribution in [0.1, 0.15) is 58.3 Å². The molecule has 4 atom stereocenters. The van der Waals surface area contributed by atoms with E-state index in [-0.39, 0.29) is 6.10 Å². The predicted molar refractivity (Wildman–Crippen MR) is 62.8 cm³/mol. The molecule has 0 radical (unpaired) electrons. The quantitative estimate of drug-likeness (QED) is 0.688. The first-order valence-electron chi connectivity index (χ1n) is 6.71. The zero-order valence-corrected chi connectivity index (χ0v) is 9.91. The summed E-state index contributed by atoms with van der Waals surface area (Å²) in [4.78, 5) is 0. The van der Waals surface area contributed by atoms with E-state index in [0.717, 1.165) is 12.3 Å². The zero-order valence-electron chi connectivity index (χ0n) is 9.91. The van der Waals surface area contributed by atoms with Gasteiger partial charge in [-0.3, -0.25) is 0 Å². The Bertz CT molecular complexity index is 195. The van der Waals surface area contributed by atoms with Gasteiger partial charge >= 0.3 is 0 Å². The van der Waals surface area contributed by atoms with Crippen molar-refractivity contribution < 1.29 is 5.11 Å². The molecule has 0 aliphatic heterocycles. The fourth-order valence-corrected chi connectivity index (χ4v) is 3.15. The Morgan fingerprint density at radius 1 is 0.867 bits per heavy atom. The lowest BCUT2D eigenvalue weighted by molar-refractivity contribution is 0.135. The van der Waals surface area contributed by atoms with Crippen molar-refractivity contribution in [3.8, 4) is 0 Å². The van der Waals surface area contributed by atoms with Gasteiger partial charge in [-0.05, 0) is 38.0 Å². The van der Waals surface area contributed by atoms with Crippen LogP contribution in [0.3, 0.4) is 0 Å². The molecule has 2 fully saturated rings. The highest BCUT2D eigenvalue weighted by Crippen LogP contribution is 2.26. The Morgan fingerprint density at radius 3 is 2.33 bits per heavy atom. The van der Waals surface area contributed by atoms with Crippen LogP contribution in [0.2, 0.25) is 0 Å². The van der Waals surface area contributed by atoms with Crippen LogP contribution >= 0.6 is 0 Å². The molecule has 88 valence electrons. The summed E-state index contributed by atoms with van der Waals surface area (Å²) in [5, 5.41) is 13.5. The molecule has 0 aromatic carbocycles. The van der Waals surface area contributed by atoms with Gasteiger partial charge in [0.15, 0.2) is 0 Å². The molecule has 0 saturated heterocycles. The van der Waals surface area contributed by atoms with Crippen LogP contribution in [-0.2, 0) is 0 Å². The number of nitrogens with one attached hydrogen (secondary N) is 1. The first kappa shape index (κ1) is 11.4. The standard InChI is InChI=1S/C13H25NO/c1-10-6-3-2-4-7-11(10)14-12-8-5-9-13(12)15/h10-15H,2-9H2,1H3/t10?,11?,12-,13-/m1/s1. The second-order valence-electron chi connectivity index (χ2n) is 5.49. The Balaban J connectivity index is 1.85. The zero-order chi connectivity index (χ0) is 10.7. The van der Waals surface area contributed by atoms with Crippen LogP contribution in [0.4, 0.5) is 0 Å². The minimum Gasteiger partial charge on any atom is -0.392 e. The van der Waals surface area contributed by atoms with Crippen LogP contribution in [0.15, 0.2) is 0 Å². The maximum Gasteiger partial charge on any atom is 0.0693 e. The lowest BCUT2D eigenvalue weighted by atomic mass is 9.96. The van der Waals surface area contributed by atoms with Crippen LogP contribution in [0, 0.1) is 5.92 Å². The first-order valence-corrected chi connectivity index (χ1v) is 6.71. The first-order chi connectivity index (χ1) is 7.27. The molecule has 0 bridgehead atoms. The largest absolute Gasteiger partial charge is 0.392 e. The summed E-state index contributed by atoms with van der Waals surface area (Å²) in [5.41, 5.74) is 0. The molecule has 2 N–H and O–H groups in total. The molecular weight excluding hydrogens is 186 g/mol. The smallest absolute Gasteiger partial charge is 0.0693 e. The van der Waals surface area contributed by atoms with Crippen LogP contribution in [0.25, 0.3) is 0 Å². The molecule has 0 aromatic rings. The van der Waals surface area contributed by atoms with E-state index in [1.807, 2.05) is 0 Å². The highest BCUT2D eigenvalue weighted by Gasteiger charge is 2.29. The van der Waals surface area contributed by atoms with Crippen molar-refractivity contribution in [1.82, 2.24) is 5.32 Å². The summed E-state index contributed by atoms with van der Waals surface area (Å²) in [6.45, 7) is 2.37. The van der Waals surface area contributed by atoms with Gasteiger partial charge in [-0.2, -0.15) is 0 Å². The van der Waals surface area contributed by atoms with Crippen LogP contribution in [0.5, 0.6) is 0 Å². The van der Waals surface area contributed by atoms with Gasteiger partial charge in [0.05, 0.1) is 6.10 Å². The maximum atomic E-state index is 9.81. The summed E-state index contributed by atoms with van der Waals surface area (Å²) >= 11 is 0. The normalized spacial score (nSPS) is 42.8. The topological polar surface area (TPSA) is 32.3 Å². The van der Waals surface area contributed by atoms with E-state index in [9.17, 15) is 5.11 Å². The van der Waals surface area contributed by atoms with Gasteiger partial charge in [0, 0.05) is 12.1 Å². The summed E-state index contributed by atoms with van der Waals surface area (Å²) in [7, 11) is 0. The van der Waals surface area contributed by atoms with E-state index in [1.54, 1.807) is 0 Å². The average molecular weight is 211 g/mol. The van der Waals surface area contributed by atoms with Gasteiger partial charge < -0.3 is 10.4 Å². The third-order valence-corrected chi connectivity index (χ3v) is 4.27. The van der Waals surface area contributed by atoms with E-state index in [1.165, 1.54) is 44.9 Å². The van der Waals surface area contributed by atoms with Crippen molar-refractivity contribution in [2.45, 2.75) is 76.5 Å². The van der Waals surface area contributed by atoms with Crippen molar-refractivity contribution in [1.29, 1.82) is 0 Å². The molecule has 2 saturated carbocycles. The van der Waals surface area contributed by atoms with E-state index < -0.39 is 0 Å². The minimum atomic E-state index is -0.0829. The third-order valence-electron chi connectivity index (χ3n) is 4.27. The van der Waals surface area contributed by atoms with Gasteiger partial charge in [0.2, 0.25) is 0 Å². The fourth-order valence-electron chi connectivity index (χ4n) is 3.15. The summed E-state index contributed by atoms with van der Waals surface area (Å²) in [6.07, 6.45) is 10.1. The molecule has 2 heteroatoms. The summed E-state index contributed by atoms with van der Waals surface area (Å²) in [6, 6.07) is 1.04. The lowest BCUT2D eigenvalue weighted by Gasteiger charge is -2.28. The third kappa shape index (κ3) is 2.94. The second kappa shape index (κ2) is 5.31. The van der Waals surface area contributed by atoms with Gasteiger partial charge in [-0.25, -0.2) is 0 Å². The molecule has 0 spiro atoms. The number of aliphatic hydroxyl groups is 1. The highest BCUT2D eigenvalue weighted by molar-refractivity contribution is 4.87. The molecule has 2 unspecified atom stereocenters. The molecular formula is C13H25NO. The molecule has 2 aliphatic carbocycles. The van der Waals surface area contributed by atoms with Crippen molar-refractivity contribution in [3.63, 3.8) is 0 Å².